The van der Waals surface area contributed by atoms with Gasteiger partial charge in [0.2, 0.25) is 0 Å². The van der Waals surface area contributed by atoms with Crippen molar-refractivity contribution in [1.82, 2.24) is 9.88 Å². The molecule has 17 heteroatoms. The first-order valence-corrected chi connectivity index (χ1v) is 10.0. The van der Waals surface area contributed by atoms with Crippen LogP contribution in [0.15, 0.2) is 26.1 Å². The molecular weight excluding hydrogens is 492 g/mol. The molecule has 0 aromatic carbocycles. The number of nitrogen functional groups attached to an aromatic ring is 1. The van der Waals surface area contributed by atoms with Crippen molar-refractivity contribution in [3.63, 3.8) is 0 Å². The number of carboxylic acids is 2. The third-order valence-corrected chi connectivity index (χ3v) is 6.21. The molecule has 0 saturated carbocycles. The summed E-state index contributed by atoms with van der Waals surface area (Å²) >= 11 is 6.29. The average Bonchev–Trinajstić information content (AvgIpc) is 3.08. The summed E-state index contributed by atoms with van der Waals surface area (Å²) in [6, 6.07) is -1.15. The summed E-state index contributed by atoms with van der Waals surface area (Å²) in [5.41, 5.74) is 4.82. The van der Waals surface area contributed by atoms with Crippen LogP contribution in [-0.4, -0.2) is 68.2 Å². The molecule has 3 N–H and O–H groups in total. The standard InChI is InChI=1S/C14H13N5O7S3.2Na/c15-14-16-4(2-29-14)7(18-26-1-6(20)21)10(22)17-8-11(23)19-9(13(24)25)5(27)3-28-12(8)19;;/h2,8,12,27H,1,3H2,(H2,15,16)(H,17,22)(H,20,21)(H,24,25);;/q;2*+1/p-2/b18-7+;;/t8-,12-;;/m1../s1. The molecule has 2 aliphatic rings. The summed E-state index contributed by atoms with van der Waals surface area (Å²) in [4.78, 5) is 47.7. The van der Waals surface area contributed by atoms with Gasteiger partial charge in [-0.2, -0.15) is 0 Å². The number of carboxylic acid groups (broad SMARTS) is 2. The number of nitrogens with two attached hydrogens (primary N) is 1. The number of aromatic nitrogens is 1. The monoisotopic (exact) mass is 503 g/mol. The first-order valence-electron chi connectivity index (χ1n) is 7.67. The van der Waals surface area contributed by atoms with Crippen molar-refractivity contribution in [2.45, 2.75) is 11.4 Å². The zero-order chi connectivity index (χ0) is 21.3. The van der Waals surface area contributed by atoms with Gasteiger partial charge in [0.15, 0.2) is 17.8 Å². The molecule has 31 heavy (non-hydrogen) atoms. The van der Waals surface area contributed by atoms with Gasteiger partial charge in [0.1, 0.15) is 22.5 Å². The summed E-state index contributed by atoms with van der Waals surface area (Å²) < 4.78 is 0. The number of carbonyl (C=O) groups is 3. The van der Waals surface area contributed by atoms with E-state index in [1.165, 1.54) is 17.1 Å². The third kappa shape index (κ3) is 6.17. The number of thiazole rings is 1. The summed E-state index contributed by atoms with van der Waals surface area (Å²) in [7, 11) is 0. The predicted octanol–water partition coefficient (Wildman–Crippen LogP) is -8.53. The van der Waals surface area contributed by atoms with Crippen molar-refractivity contribution < 1.29 is 93.7 Å². The molecule has 1 aromatic heterocycles. The number of aliphatic carboxylic acids is 2. The van der Waals surface area contributed by atoms with Crippen molar-refractivity contribution in [1.29, 1.82) is 0 Å². The largest absolute Gasteiger partial charge is 1.00 e. The van der Waals surface area contributed by atoms with E-state index in [1.807, 2.05) is 0 Å². The van der Waals surface area contributed by atoms with Crippen LogP contribution in [0.5, 0.6) is 0 Å². The Morgan fingerprint density at radius 1 is 1.42 bits per heavy atom. The van der Waals surface area contributed by atoms with Gasteiger partial charge < -0.3 is 30.7 Å². The van der Waals surface area contributed by atoms with Crippen LogP contribution >= 0.6 is 35.7 Å². The Morgan fingerprint density at radius 2 is 2.10 bits per heavy atom. The minimum absolute atomic E-state index is 0. The molecule has 154 valence electrons. The molecule has 2 atom stereocenters. The van der Waals surface area contributed by atoms with E-state index in [-0.39, 0.29) is 86.3 Å². The molecule has 1 amide bonds. The van der Waals surface area contributed by atoms with Gasteiger partial charge in [0.25, 0.3) is 5.91 Å². The van der Waals surface area contributed by atoms with Crippen LogP contribution in [-0.2, 0) is 19.2 Å². The number of thiol groups is 1. The van der Waals surface area contributed by atoms with Crippen molar-refractivity contribution >= 4 is 70.3 Å². The van der Waals surface area contributed by atoms with Gasteiger partial charge in [-0.25, -0.2) is 9.78 Å². The maximum Gasteiger partial charge on any atom is 1.00 e. The third-order valence-electron chi connectivity index (χ3n) is 3.68. The Morgan fingerprint density at radius 3 is 2.65 bits per heavy atom. The summed E-state index contributed by atoms with van der Waals surface area (Å²) in [5.74, 6) is -4.32. The Hall–Kier alpha value is -0.780. The molecule has 0 bridgehead atoms. The number of fused-ring (bicyclic) bond motifs is 1. The van der Waals surface area contributed by atoms with E-state index in [2.05, 4.69) is 32.6 Å². The van der Waals surface area contributed by atoms with Gasteiger partial charge >= 0.3 is 65.1 Å². The van der Waals surface area contributed by atoms with Crippen LogP contribution in [0.3, 0.4) is 0 Å². The van der Waals surface area contributed by atoms with E-state index in [1.54, 1.807) is 0 Å². The van der Waals surface area contributed by atoms with E-state index in [0.717, 1.165) is 16.2 Å². The zero-order valence-electron chi connectivity index (χ0n) is 16.2. The fourth-order valence-corrected chi connectivity index (χ4v) is 4.66. The number of nitrogens with zero attached hydrogens (tertiary/aromatic N) is 4. The van der Waals surface area contributed by atoms with Crippen LogP contribution < -0.4 is 75.1 Å². The van der Waals surface area contributed by atoms with Crippen molar-refractivity contribution in [2.24, 2.45) is 10.1 Å². The van der Waals surface area contributed by atoms with E-state index in [4.69, 9.17) is 5.73 Å². The molecule has 0 radical (unpaired) electrons. The van der Waals surface area contributed by atoms with E-state index < -0.39 is 47.5 Å². The van der Waals surface area contributed by atoms with Crippen LogP contribution in [0.4, 0.5) is 5.13 Å². The number of β-lactam (4-membered cyclic amide) rings is 1. The number of hydrogen-bond acceptors (Lipinski definition) is 13. The SMILES string of the molecule is Nc1nc(/C(=N\OCC(=O)[O-])C([O-])=N[C@@H]2C(=O)N3C(C(=O)O)=C(S)CS[C@H]23)cs1.[Na+].[Na+]. The van der Waals surface area contributed by atoms with Gasteiger partial charge in [-0.1, -0.05) is 5.16 Å². The van der Waals surface area contributed by atoms with Gasteiger partial charge in [-0.3, -0.25) is 14.7 Å². The fourth-order valence-electron chi connectivity index (χ4n) is 2.50. The van der Waals surface area contributed by atoms with Gasteiger partial charge in [-0.15, -0.1) is 35.7 Å². The Balaban J connectivity index is 0.00000240. The number of anilines is 1. The number of thioether (sulfide) groups is 1. The van der Waals surface area contributed by atoms with E-state index in [0.29, 0.717) is 0 Å². The van der Waals surface area contributed by atoms with Gasteiger partial charge in [0.05, 0.1) is 5.97 Å². The van der Waals surface area contributed by atoms with Crippen LogP contribution in [0.2, 0.25) is 0 Å². The molecule has 2 aliphatic heterocycles. The first-order chi connectivity index (χ1) is 13.7. The summed E-state index contributed by atoms with van der Waals surface area (Å²) in [6.45, 7) is -0.914. The van der Waals surface area contributed by atoms with Crippen LogP contribution in [0, 0.1) is 0 Å². The summed E-state index contributed by atoms with van der Waals surface area (Å²) in [5, 5.41) is 36.6. The summed E-state index contributed by atoms with van der Waals surface area (Å²) in [6.07, 6.45) is 0. The Labute approximate surface area is 233 Å². The number of amides is 1. The van der Waals surface area contributed by atoms with E-state index >= 15 is 0 Å². The topological polar surface area (TPSA) is 194 Å². The van der Waals surface area contributed by atoms with Crippen molar-refractivity contribution in [3.05, 3.63) is 21.7 Å². The first kappa shape index (κ1) is 28.3. The number of hydrogen-bond donors (Lipinski definition) is 3. The molecule has 0 spiro atoms. The smallest absolute Gasteiger partial charge is 0.857 e. The molecule has 1 aromatic rings. The molecule has 1 saturated heterocycles. The molecular formula is C14H11N5Na2O7S3. The Kier molecular flexibility index (Phi) is 10.8. The molecule has 1 fully saturated rings. The number of rotatable bonds is 7. The number of oxime groups is 1. The normalized spacial score (nSPS) is 20.8. The van der Waals surface area contributed by atoms with Crippen LogP contribution in [0.25, 0.3) is 0 Å². The predicted molar refractivity (Wildman–Crippen MR) is 102 cm³/mol. The zero-order valence-corrected chi connectivity index (χ0v) is 22.7. The van der Waals surface area contributed by atoms with Crippen LogP contribution in [0.1, 0.15) is 5.69 Å². The second-order valence-corrected chi connectivity index (χ2v) is 8.08. The molecule has 12 nitrogen and oxygen atoms in total. The Bertz CT molecular complexity index is 983. The number of aliphatic imine (C=N–C) groups is 1. The minimum Gasteiger partial charge on any atom is -0.857 e. The van der Waals surface area contributed by atoms with Crippen molar-refractivity contribution in [3.8, 4) is 0 Å². The maximum absolute atomic E-state index is 12.6. The minimum atomic E-state index is -1.56. The maximum atomic E-state index is 12.6. The average molecular weight is 503 g/mol. The molecule has 3 heterocycles. The second-order valence-electron chi connectivity index (χ2n) is 5.55. The number of carbonyl (C=O) groups excluding carboxylic acids is 2. The molecule has 0 unspecified atom stereocenters. The van der Waals surface area contributed by atoms with Gasteiger partial charge in [0, 0.05) is 21.9 Å². The van der Waals surface area contributed by atoms with Crippen molar-refractivity contribution in [2.75, 3.05) is 18.1 Å². The molecule has 0 aliphatic carbocycles. The van der Waals surface area contributed by atoms with Gasteiger partial charge in [-0.05, 0) is 0 Å². The molecule has 3 rings (SSSR count). The quantitative estimate of drug-likeness (QED) is 0.0803. The van der Waals surface area contributed by atoms with E-state index in [9.17, 15) is 29.7 Å². The fraction of sp³-hybridized carbons (Fsp3) is 0.286. The second kappa shape index (κ2) is 11.9.